The highest BCUT2D eigenvalue weighted by molar-refractivity contribution is 5.83. The Bertz CT molecular complexity index is 860. The fourth-order valence-electron chi connectivity index (χ4n) is 3.22. The van der Waals surface area contributed by atoms with Crippen molar-refractivity contribution in [1.29, 1.82) is 5.41 Å². The lowest BCUT2D eigenvalue weighted by atomic mass is 9.93. The SMILES string of the molecule is CC(c1nc(NC2CCC2)c(C=N)c(=O)[nH]1)N1CC(Oc2ncccn2)C1. The smallest absolute Gasteiger partial charge is 0.316 e. The van der Waals surface area contributed by atoms with Crippen molar-refractivity contribution in [3.8, 4) is 6.01 Å². The number of anilines is 1. The molecule has 0 spiro atoms. The van der Waals surface area contributed by atoms with Gasteiger partial charge in [0.05, 0.1) is 11.6 Å². The van der Waals surface area contributed by atoms with E-state index in [-0.39, 0.29) is 23.3 Å². The third-order valence-electron chi connectivity index (χ3n) is 5.20. The van der Waals surface area contributed by atoms with Crippen LogP contribution < -0.4 is 15.6 Å². The molecule has 1 atom stereocenters. The summed E-state index contributed by atoms with van der Waals surface area (Å²) in [5.41, 5.74) is -0.00132. The summed E-state index contributed by atoms with van der Waals surface area (Å²) in [5.74, 6) is 1.10. The number of likely N-dealkylation sites (tertiary alicyclic amines) is 1. The molecule has 3 heterocycles. The average Bonchev–Trinajstić information content (AvgIpc) is 2.61. The molecule has 2 aromatic heterocycles. The van der Waals surface area contributed by atoms with Crippen molar-refractivity contribution >= 4 is 12.0 Å². The molecule has 1 saturated carbocycles. The Morgan fingerprint density at radius 1 is 1.37 bits per heavy atom. The lowest BCUT2D eigenvalue weighted by molar-refractivity contribution is -0.0122. The van der Waals surface area contributed by atoms with Gasteiger partial charge in [-0.2, -0.15) is 0 Å². The highest BCUT2D eigenvalue weighted by Crippen LogP contribution is 2.27. The molecule has 2 aromatic rings. The van der Waals surface area contributed by atoms with Crippen LogP contribution in [0.1, 0.15) is 43.6 Å². The maximum atomic E-state index is 12.4. The topological polar surface area (TPSA) is 120 Å². The lowest BCUT2D eigenvalue weighted by Crippen LogP contribution is -2.55. The van der Waals surface area contributed by atoms with Crippen LogP contribution in [0.15, 0.2) is 23.3 Å². The molecule has 1 aliphatic heterocycles. The number of aromatic amines is 1. The summed E-state index contributed by atoms with van der Waals surface area (Å²) in [6.07, 6.45) is 7.72. The van der Waals surface area contributed by atoms with Crippen molar-refractivity contribution in [1.82, 2.24) is 24.8 Å². The Labute approximate surface area is 156 Å². The van der Waals surface area contributed by atoms with Crippen LogP contribution in [-0.2, 0) is 0 Å². The van der Waals surface area contributed by atoms with Gasteiger partial charge in [0, 0.05) is 37.7 Å². The minimum absolute atomic E-state index is 0.0231. The van der Waals surface area contributed by atoms with Crippen LogP contribution in [-0.4, -0.2) is 56.3 Å². The Hall–Kier alpha value is -2.81. The Kier molecular flexibility index (Phi) is 4.85. The van der Waals surface area contributed by atoms with Crippen LogP contribution in [0.4, 0.5) is 5.82 Å². The van der Waals surface area contributed by atoms with Gasteiger partial charge in [0.1, 0.15) is 17.7 Å². The number of hydrogen-bond donors (Lipinski definition) is 3. The first kappa shape index (κ1) is 17.6. The second-order valence-corrected chi connectivity index (χ2v) is 7.03. The van der Waals surface area contributed by atoms with Gasteiger partial charge in [-0.1, -0.05) is 0 Å². The van der Waals surface area contributed by atoms with Crippen molar-refractivity contribution < 1.29 is 4.74 Å². The first-order valence-electron chi connectivity index (χ1n) is 9.23. The zero-order valence-corrected chi connectivity index (χ0v) is 15.2. The fraction of sp³-hybridized carbons (Fsp3) is 0.500. The van der Waals surface area contributed by atoms with Gasteiger partial charge in [-0.3, -0.25) is 9.69 Å². The first-order chi connectivity index (χ1) is 13.1. The Morgan fingerprint density at radius 2 is 2.11 bits per heavy atom. The number of rotatable bonds is 7. The van der Waals surface area contributed by atoms with Gasteiger partial charge in [-0.25, -0.2) is 15.0 Å². The van der Waals surface area contributed by atoms with E-state index < -0.39 is 0 Å². The van der Waals surface area contributed by atoms with Gasteiger partial charge in [-0.15, -0.1) is 0 Å². The van der Waals surface area contributed by atoms with Crippen LogP contribution in [0.5, 0.6) is 6.01 Å². The quantitative estimate of drug-likeness (QED) is 0.630. The summed E-state index contributed by atoms with van der Waals surface area (Å²) < 4.78 is 5.73. The molecular formula is C18H23N7O2. The average molecular weight is 369 g/mol. The molecule has 0 aromatic carbocycles. The molecule has 2 aliphatic rings. The number of aromatic nitrogens is 4. The molecule has 9 nitrogen and oxygen atoms in total. The highest BCUT2D eigenvalue weighted by Gasteiger charge is 2.34. The summed E-state index contributed by atoms with van der Waals surface area (Å²) in [7, 11) is 0. The first-order valence-corrected chi connectivity index (χ1v) is 9.23. The number of hydrogen-bond acceptors (Lipinski definition) is 8. The molecule has 1 saturated heterocycles. The minimum Gasteiger partial charge on any atom is -0.457 e. The van der Waals surface area contributed by atoms with E-state index in [9.17, 15) is 4.79 Å². The predicted molar refractivity (Wildman–Crippen MR) is 100 cm³/mol. The number of H-pyrrole nitrogens is 1. The summed E-state index contributed by atoms with van der Waals surface area (Å²) in [6.45, 7) is 3.42. The van der Waals surface area contributed by atoms with E-state index in [1.54, 1.807) is 18.5 Å². The van der Waals surface area contributed by atoms with Crippen LogP contribution in [0.2, 0.25) is 0 Å². The number of nitrogens with one attached hydrogen (secondary N) is 3. The van der Waals surface area contributed by atoms with Crippen molar-refractivity contribution in [3.63, 3.8) is 0 Å². The van der Waals surface area contributed by atoms with E-state index in [2.05, 4.69) is 30.2 Å². The standard InChI is InChI=1S/C18H23N7O2/c1-11(25-9-13(10-25)27-18-20-6-3-7-21-18)15-23-16(22-12-4-2-5-12)14(8-19)17(26)24-15/h3,6-8,11-13,19H,2,4-5,9-10H2,1H3,(H2,22,23,24,26). The Balaban J connectivity index is 1.43. The van der Waals surface area contributed by atoms with E-state index in [1.165, 1.54) is 6.42 Å². The highest BCUT2D eigenvalue weighted by atomic mass is 16.5. The normalized spacial score (nSPS) is 19.0. The predicted octanol–water partition coefficient (Wildman–Crippen LogP) is 1.35. The summed E-state index contributed by atoms with van der Waals surface area (Å²) in [4.78, 5) is 30.1. The van der Waals surface area contributed by atoms with E-state index in [1.807, 2.05) is 6.92 Å². The molecule has 1 aliphatic carbocycles. The van der Waals surface area contributed by atoms with Crippen molar-refractivity contribution in [2.45, 2.75) is 44.4 Å². The zero-order valence-electron chi connectivity index (χ0n) is 15.2. The summed E-state index contributed by atoms with van der Waals surface area (Å²) in [5, 5.41) is 10.8. The second kappa shape index (κ2) is 7.43. The molecule has 4 rings (SSSR count). The molecule has 1 unspecified atom stereocenters. The van der Waals surface area contributed by atoms with Crippen molar-refractivity contribution in [2.75, 3.05) is 18.4 Å². The van der Waals surface area contributed by atoms with Crippen molar-refractivity contribution in [3.05, 3.63) is 40.2 Å². The molecule has 0 radical (unpaired) electrons. The van der Waals surface area contributed by atoms with Gasteiger partial charge >= 0.3 is 6.01 Å². The number of ether oxygens (including phenoxy) is 1. The number of nitrogens with zero attached hydrogens (tertiary/aromatic N) is 4. The van der Waals surface area contributed by atoms with Gasteiger partial charge in [0.25, 0.3) is 5.56 Å². The molecule has 3 N–H and O–H groups in total. The summed E-state index contributed by atoms with van der Waals surface area (Å²) in [6, 6.07) is 2.41. The van der Waals surface area contributed by atoms with E-state index in [0.717, 1.165) is 19.1 Å². The third kappa shape index (κ3) is 3.68. The molecular weight excluding hydrogens is 346 g/mol. The van der Waals surface area contributed by atoms with Gasteiger partial charge in [0.15, 0.2) is 0 Å². The fourth-order valence-corrected chi connectivity index (χ4v) is 3.22. The largest absolute Gasteiger partial charge is 0.457 e. The van der Waals surface area contributed by atoms with E-state index >= 15 is 0 Å². The molecule has 0 amide bonds. The molecule has 142 valence electrons. The molecule has 0 bridgehead atoms. The van der Waals surface area contributed by atoms with Gasteiger partial charge in [0.2, 0.25) is 0 Å². The Morgan fingerprint density at radius 3 is 2.74 bits per heavy atom. The van der Waals surface area contributed by atoms with E-state index in [4.69, 9.17) is 10.1 Å². The minimum atomic E-state index is -0.283. The monoisotopic (exact) mass is 369 g/mol. The van der Waals surface area contributed by atoms with Crippen LogP contribution in [0.3, 0.4) is 0 Å². The zero-order chi connectivity index (χ0) is 18.8. The van der Waals surface area contributed by atoms with Gasteiger partial charge < -0.3 is 20.4 Å². The maximum Gasteiger partial charge on any atom is 0.316 e. The van der Waals surface area contributed by atoms with Crippen molar-refractivity contribution in [2.24, 2.45) is 0 Å². The lowest BCUT2D eigenvalue weighted by Gasteiger charge is -2.41. The van der Waals surface area contributed by atoms with Crippen LogP contribution in [0, 0.1) is 5.41 Å². The second-order valence-electron chi connectivity index (χ2n) is 7.03. The summed E-state index contributed by atoms with van der Waals surface area (Å²) >= 11 is 0. The van der Waals surface area contributed by atoms with Crippen LogP contribution in [0.25, 0.3) is 0 Å². The van der Waals surface area contributed by atoms with Gasteiger partial charge in [-0.05, 0) is 32.3 Å². The molecule has 27 heavy (non-hydrogen) atoms. The molecule has 9 heteroatoms. The third-order valence-corrected chi connectivity index (χ3v) is 5.20. The molecule has 2 fully saturated rings. The van der Waals surface area contributed by atoms with E-state index in [0.29, 0.717) is 36.8 Å². The van der Waals surface area contributed by atoms with Crippen LogP contribution >= 0.6 is 0 Å². The maximum absolute atomic E-state index is 12.4.